The summed E-state index contributed by atoms with van der Waals surface area (Å²) in [7, 11) is 1.64. The standard InChI is InChI=1S/C16H23NO3/c1-14-4-6-15(7-5-14)8-9-16(18)17-10-3-11-20-13-12-19-2/h4-9H,3,10-13H2,1-2H3,(H,17,18)/b9-8+. The van der Waals surface area contributed by atoms with Gasteiger partial charge < -0.3 is 14.8 Å². The number of amides is 1. The maximum atomic E-state index is 11.6. The molecule has 1 rings (SSSR count). The summed E-state index contributed by atoms with van der Waals surface area (Å²) < 4.78 is 10.2. The van der Waals surface area contributed by atoms with E-state index in [1.54, 1.807) is 13.2 Å². The Morgan fingerprint density at radius 2 is 1.95 bits per heavy atom. The van der Waals surface area contributed by atoms with Crippen molar-refractivity contribution in [2.45, 2.75) is 13.3 Å². The Hall–Kier alpha value is -1.65. The van der Waals surface area contributed by atoms with E-state index in [4.69, 9.17) is 9.47 Å². The van der Waals surface area contributed by atoms with Crippen molar-refractivity contribution in [3.05, 3.63) is 41.5 Å². The van der Waals surface area contributed by atoms with Crippen LogP contribution in [0.4, 0.5) is 0 Å². The summed E-state index contributed by atoms with van der Waals surface area (Å²) in [5.41, 5.74) is 2.23. The molecule has 0 aliphatic carbocycles. The number of hydrogen-bond acceptors (Lipinski definition) is 3. The zero-order chi connectivity index (χ0) is 14.6. The Morgan fingerprint density at radius 1 is 1.20 bits per heavy atom. The van der Waals surface area contributed by atoms with Gasteiger partial charge in [-0.15, -0.1) is 0 Å². The van der Waals surface area contributed by atoms with Crippen LogP contribution in [0.25, 0.3) is 6.08 Å². The van der Waals surface area contributed by atoms with Gasteiger partial charge in [0.25, 0.3) is 0 Å². The van der Waals surface area contributed by atoms with Gasteiger partial charge in [0.15, 0.2) is 0 Å². The van der Waals surface area contributed by atoms with Crippen LogP contribution in [0.5, 0.6) is 0 Å². The predicted octanol–water partition coefficient (Wildman–Crippen LogP) is 2.18. The monoisotopic (exact) mass is 277 g/mol. The summed E-state index contributed by atoms with van der Waals surface area (Å²) in [6.07, 6.45) is 4.16. The highest BCUT2D eigenvalue weighted by molar-refractivity contribution is 5.91. The normalized spacial score (nSPS) is 10.9. The topological polar surface area (TPSA) is 47.6 Å². The Kier molecular flexibility index (Phi) is 8.35. The molecule has 20 heavy (non-hydrogen) atoms. The van der Waals surface area contributed by atoms with Crippen molar-refractivity contribution in [3.8, 4) is 0 Å². The van der Waals surface area contributed by atoms with Crippen LogP contribution in [0.2, 0.25) is 0 Å². The summed E-state index contributed by atoms with van der Waals surface area (Å²) in [4.78, 5) is 11.6. The predicted molar refractivity (Wildman–Crippen MR) is 80.5 cm³/mol. The van der Waals surface area contributed by atoms with Crippen molar-refractivity contribution in [2.24, 2.45) is 0 Å². The van der Waals surface area contributed by atoms with Gasteiger partial charge >= 0.3 is 0 Å². The van der Waals surface area contributed by atoms with E-state index in [2.05, 4.69) is 5.32 Å². The summed E-state index contributed by atoms with van der Waals surface area (Å²) in [6, 6.07) is 8.02. The molecule has 0 saturated carbocycles. The lowest BCUT2D eigenvalue weighted by Gasteiger charge is -2.04. The summed E-state index contributed by atoms with van der Waals surface area (Å²) in [5, 5.41) is 2.82. The van der Waals surface area contributed by atoms with E-state index in [1.807, 2.05) is 37.3 Å². The average Bonchev–Trinajstić information content (AvgIpc) is 2.46. The molecule has 0 heterocycles. The second kappa shape index (κ2) is 10.2. The van der Waals surface area contributed by atoms with E-state index in [-0.39, 0.29) is 5.91 Å². The third-order valence-corrected chi connectivity index (χ3v) is 2.70. The van der Waals surface area contributed by atoms with Gasteiger partial charge in [-0.05, 0) is 25.0 Å². The minimum absolute atomic E-state index is 0.0810. The third kappa shape index (κ3) is 7.71. The fraction of sp³-hybridized carbons (Fsp3) is 0.438. The van der Waals surface area contributed by atoms with Crippen molar-refractivity contribution in [1.82, 2.24) is 5.32 Å². The zero-order valence-corrected chi connectivity index (χ0v) is 12.2. The molecule has 1 amide bonds. The van der Waals surface area contributed by atoms with Crippen LogP contribution in [0.15, 0.2) is 30.3 Å². The zero-order valence-electron chi connectivity index (χ0n) is 12.2. The highest BCUT2D eigenvalue weighted by Gasteiger charge is 1.95. The highest BCUT2D eigenvalue weighted by Crippen LogP contribution is 2.04. The van der Waals surface area contributed by atoms with E-state index in [0.717, 1.165) is 12.0 Å². The quantitative estimate of drug-likeness (QED) is 0.556. The minimum Gasteiger partial charge on any atom is -0.382 e. The van der Waals surface area contributed by atoms with Crippen LogP contribution in [-0.4, -0.2) is 39.4 Å². The lowest BCUT2D eigenvalue weighted by molar-refractivity contribution is -0.116. The molecule has 0 aromatic heterocycles. The number of aryl methyl sites for hydroxylation is 1. The molecule has 4 heteroatoms. The molecule has 0 atom stereocenters. The van der Waals surface area contributed by atoms with E-state index in [9.17, 15) is 4.79 Å². The first-order valence-electron chi connectivity index (χ1n) is 6.81. The SMILES string of the molecule is COCCOCCCNC(=O)/C=C/c1ccc(C)cc1. The molecule has 1 aromatic carbocycles. The van der Waals surface area contributed by atoms with E-state index in [0.29, 0.717) is 26.4 Å². The van der Waals surface area contributed by atoms with Gasteiger partial charge in [-0.3, -0.25) is 4.79 Å². The first-order valence-corrected chi connectivity index (χ1v) is 6.81. The van der Waals surface area contributed by atoms with Crippen LogP contribution in [0.1, 0.15) is 17.5 Å². The molecule has 110 valence electrons. The van der Waals surface area contributed by atoms with Gasteiger partial charge in [0.1, 0.15) is 0 Å². The average molecular weight is 277 g/mol. The smallest absolute Gasteiger partial charge is 0.244 e. The van der Waals surface area contributed by atoms with Crippen LogP contribution in [0.3, 0.4) is 0 Å². The van der Waals surface area contributed by atoms with Gasteiger partial charge in [-0.25, -0.2) is 0 Å². The van der Waals surface area contributed by atoms with Gasteiger partial charge in [0.05, 0.1) is 13.2 Å². The summed E-state index contributed by atoms with van der Waals surface area (Å²) in [5.74, 6) is -0.0810. The number of carbonyl (C=O) groups excluding carboxylic acids is 1. The summed E-state index contributed by atoms with van der Waals surface area (Å²) in [6.45, 7) is 4.48. The van der Waals surface area contributed by atoms with Gasteiger partial charge in [0.2, 0.25) is 5.91 Å². The van der Waals surface area contributed by atoms with Gasteiger partial charge in [-0.1, -0.05) is 29.8 Å². The number of ether oxygens (including phenoxy) is 2. The molecule has 1 N–H and O–H groups in total. The second-order valence-corrected chi connectivity index (χ2v) is 4.49. The molecule has 0 saturated heterocycles. The Bertz CT molecular complexity index is 412. The van der Waals surface area contributed by atoms with Crippen molar-refractivity contribution >= 4 is 12.0 Å². The maximum Gasteiger partial charge on any atom is 0.244 e. The largest absolute Gasteiger partial charge is 0.382 e. The van der Waals surface area contributed by atoms with Gasteiger partial charge in [0, 0.05) is 26.3 Å². The van der Waals surface area contributed by atoms with E-state index >= 15 is 0 Å². The van der Waals surface area contributed by atoms with E-state index < -0.39 is 0 Å². The number of hydrogen-bond donors (Lipinski definition) is 1. The van der Waals surface area contributed by atoms with Gasteiger partial charge in [-0.2, -0.15) is 0 Å². The first-order chi connectivity index (χ1) is 9.72. The molecule has 0 aliphatic heterocycles. The lowest BCUT2D eigenvalue weighted by atomic mass is 10.1. The second-order valence-electron chi connectivity index (χ2n) is 4.49. The number of rotatable bonds is 9. The Labute approximate surface area is 120 Å². The fourth-order valence-corrected chi connectivity index (χ4v) is 1.54. The molecule has 4 nitrogen and oxygen atoms in total. The molecular formula is C16H23NO3. The first kappa shape index (κ1) is 16.4. The minimum atomic E-state index is -0.0810. The molecule has 0 fully saturated rings. The van der Waals surface area contributed by atoms with Crippen molar-refractivity contribution in [1.29, 1.82) is 0 Å². The number of carbonyl (C=O) groups is 1. The maximum absolute atomic E-state index is 11.6. The molecule has 0 radical (unpaired) electrons. The molecule has 1 aromatic rings. The van der Waals surface area contributed by atoms with Crippen LogP contribution in [0, 0.1) is 6.92 Å². The fourth-order valence-electron chi connectivity index (χ4n) is 1.54. The molecule has 0 aliphatic rings. The Balaban J connectivity index is 2.12. The number of nitrogens with one attached hydrogen (secondary N) is 1. The van der Waals surface area contributed by atoms with E-state index in [1.165, 1.54) is 5.56 Å². The highest BCUT2D eigenvalue weighted by atomic mass is 16.5. The van der Waals surface area contributed by atoms with Crippen LogP contribution in [-0.2, 0) is 14.3 Å². The van der Waals surface area contributed by atoms with Crippen molar-refractivity contribution < 1.29 is 14.3 Å². The molecular weight excluding hydrogens is 254 g/mol. The molecule has 0 unspecified atom stereocenters. The number of benzene rings is 1. The Morgan fingerprint density at radius 3 is 2.65 bits per heavy atom. The van der Waals surface area contributed by atoms with Crippen LogP contribution >= 0.6 is 0 Å². The van der Waals surface area contributed by atoms with Crippen molar-refractivity contribution in [3.63, 3.8) is 0 Å². The van der Waals surface area contributed by atoms with Crippen LogP contribution < -0.4 is 5.32 Å². The summed E-state index contributed by atoms with van der Waals surface area (Å²) >= 11 is 0. The molecule has 0 spiro atoms. The van der Waals surface area contributed by atoms with Crippen molar-refractivity contribution in [2.75, 3.05) is 33.5 Å². The lowest BCUT2D eigenvalue weighted by Crippen LogP contribution is -2.23. The molecule has 0 bridgehead atoms. The third-order valence-electron chi connectivity index (χ3n) is 2.70. The number of methoxy groups -OCH3 is 1.